The Morgan fingerprint density at radius 2 is 1.83 bits per heavy atom. The zero-order valence-corrected chi connectivity index (χ0v) is 17.1. The molecule has 0 aliphatic carbocycles. The second-order valence-electron chi connectivity index (χ2n) is 7.73. The number of nitriles is 1. The predicted octanol–water partition coefficient (Wildman–Crippen LogP) is 4.02. The molecule has 1 aliphatic rings. The number of aryl methyl sites for hydroxylation is 1. The molecule has 1 amide bonds. The Bertz CT molecular complexity index is 874. The first-order chi connectivity index (χ1) is 14.2. The molecule has 1 aliphatic heterocycles. The maximum atomic E-state index is 12.7. The zero-order valence-electron chi connectivity index (χ0n) is 17.1. The molecule has 0 bridgehead atoms. The summed E-state index contributed by atoms with van der Waals surface area (Å²) in [7, 11) is 0. The third kappa shape index (κ3) is 5.96. The van der Waals surface area contributed by atoms with Crippen LogP contribution in [0.3, 0.4) is 0 Å². The lowest BCUT2D eigenvalue weighted by atomic mass is 9.90. The zero-order chi connectivity index (χ0) is 20.5. The smallest absolute Gasteiger partial charge is 0.265 e. The van der Waals surface area contributed by atoms with Gasteiger partial charge in [0.05, 0.1) is 0 Å². The van der Waals surface area contributed by atoms with E-state index in [9.17, 15) is 10.1 Å². The van der Waals surface area contributed by atoms with Crippen molar-refractivity contribution in [2.45, 2.75) is 32.6 Å². The summed E-state index contributed by atoms with van der Waals surface area (Å²) in [4.78, 5) is 14.5. The van der Waals surface area contributed by atoms with Gasteiger partial charge in [0.25, 0.3) is 5.91 Å². The molecule has 2 aromatic carbocycles. The highest BCUT2D eigenvalue weighted by atomic mass is 16.2. The minimum absolute atomic E-state index is 0.158. The van der Waals surface area contributed by atoms with Crippen molar-refractivity contribution in [2.24, 2.45) is 5.92 Å². The number of nitrogens with one attached hydrogen (secondary N) is 1. The molecular formula is C25H29N3O. The average molecular weight is 388 g/mol. The number of carbonyl (C=O) groups excluding carboxylic acids is 1. The molecule has 0 spiro atoms. The summed E-state index contributed by atoms with van der Waals surface area (Å²) in [5, 5.41) is 12.6. The molecule has 29 heavy (non-hydrogen) atoms. The number of piperidine rings is 1. The molecule has 0 unspecified atom stereocenters. The van der Waals surface area contributed by atoms with Crippen LogP contribution in [0.2, 0.25) is 0 Å². The van der Waals surface area contributed by atoms with Crippen molar-refractivity contribution in [3.63, 3.8) is 0 Å². The second kappa shape index (κ2) is 10.5. The minimum atomic E-state index is -0.158. The Kier molecular flexibility index (Phi) is 7.47. The number of hydrogen-bond donors (Lipinski definition) is 1. The first-order valence-corrected chi connectivity index (χ1v) is 10.4. The molecule has 1 heterocycles. The SMILES string of the molecule is Cc1ccccc1CCN/C=C(/C#N)C(=O)N1CCC(Cc2ccccc2)CC1. The molecule has 1 saturated heterocycles. The van der Waals surface area contributed by atoms with Crippen LogP contribution in [-0.4, -0.2) is 30.4 Å². The van der Waals surface area contributed by atoms with Crippen LogP contribution >= 0.6 is 0 Å². The van der Waals surface area contributed by atoms with Gasteiger partial charge >= 0.3 is 0 Å². The largest absolute Gasteiger partial charge is 0.389 e. The van der Waals surface area contributed by atoms with E-state index in [0.717, 1.165) is 38.8 Å². The van der Waals surface area contributed by atoms with Gasteiger partial charge in [-0.1, -0.05) is 54.6 Å². The fourth-order valence-electron chi connectivity index (χ4n) is 3.87. The normalized spacial score (nSPS) is 15.0. The molecule has 2 aromatic rings. The van der Waals surface area contributed by atoms with Crippen LogP contribution in [0.4, 0.5) is 0 Å². The molecular weight excluding hydrogens is 358 g/mol. The first kappa shape index (κ1) is 20.7. The molecule has 1 fully saturated rings. The Morgan fingerprint density at radius 3 is 2.52 bits per heavy atom. The molecule has 4 heteroatoms. The van der Waals surface area contributed by atoms with Crippen molar-refractivity contribution in [2.75, 3.05) is 19.6 Å². The summed E-state index contributed by atoms with van der Waals surface area (Å²) in [6.07, 6.45) is 5.47. The van der Waals surface area contributed by atoms with Gasteiger partial charge in [-0.25, -0.2) is 0 Å². The van der Waals surface area contributed by atoms with Crippen molar-refractivity contribution in [3.05, 3.63) is 83.1 Å². The van der Waals surface area contributed by atoms with E-state index in [0.29, 0.717) is 12.5 Å². The van der Waals surface area contributed by atoms with Crippen LogP contribution in [0.25, 0.3) is 0 Å². The van der Waals surface area contributed by atoms with Crippen LogP contribution in [-0.2, 0) is 17.6 Å². The second-order valence-corrected chi connectivity index (χ2v) is 7.73. The monoisotopic (exact) mass is 387 g/mol. The highest BCUT2D eigenvalue weighted by Gasteiger charge is 2.25. The van der Waals surface area contributed by atoms with Gasteiger partial charge in [-0.15, -0.1) is 0 Å². The number of carbonyl (C=O) groups is 1. The number of benzene rings is 2. The van der Waals surface area contributed by atoms with Crippen molar-refractivity contribution >= 4 is 5.91 Å². The van der Waals surface area contributed by atoms with Gasteiger partial charge in [-0.3, -0.25) is 4.79 Å². The number of nitrogens with zero attached hydrogens (tertiary/aromatic N) is 2. The average Bonchev–Trinajstić information content (AvgIpc) is 2.76. The van der Waals surface area contributed by atoms with Gasteiger partial charge in [0.2, 0.25) is 0 Å². The van der Waals surface area contributed by atoms with Crippen LogP contribution in [0.5, 0.6) is 0 Å². The van der Waals surface area contributed by atoms with Crippen LogP contribution in [0, 0.1) is 24.2 Å². The van der Waals surface area contributed by atoms with Gasteiger partial charge in [0, 0.05) is 25.8 Å². The number of amides is 1. The van der Waals surface area contributed by atoms with E-state index in [1.54, 1.807) is 6.20 Å². The lowest BCUT2D eigenvalue weighted by Crippen LogP contribution is -2.39. The van der Waals surface area contributed by atoms with Crippen LogP contribution in [0.1, 0.15) is 29.5 Å². The topological polar surface area (TPSA) is 56.1 Å². The third-order valence-corrected chi connectivity index (χ3v) is 5.67. The van der Waals surface area contributed by atoms with Gasteiger partial charge in [-0.05, 0) is 55.2 Å². The number of hydrogen-bond acceptors (Lipinski definition) is 3. The van der Waals surface area contributed by atoms with Gasteiger partial charge < -0.3 is 10.2 Å². The van der Waals surface area contributed by atoms with Crippen LogP contribution < -0.4 is 5.32 Å². The molecule has 0 saturated carbocycles. The van der Waals surface area contributed by atoms with Crippen molar-refractivity contribution in [1.29, 1.82) is 5.26 Å². The molecule has 3 rings (SSSR count). The Labute approximate surface area is 173 Å². The molecule has 0 atom stereocenters. The van der Waals surface area contributed by atoms with E-state index in [2.05, 4.69) is 54.7 Å². The van der Waals surface area contributed by atoms with Crippen LogP contribution in [0.15, 0.2) is 66.4 Å². The standard InChI is InChI=1S/C25H29N3O/c1-20-7-5-6-10-23(20)11-14-27-19-24(18-26)25(29)28-15-12-22(13-16-28)17-21-8-3-2-4-9-21/h2-10,19,22,27H,11-17H2,1H3/b24-19-. The van der Waals surface area contributed by atoms with Gasteiger partial charge in [0.1, 0.15) is 11.6 Å². The van der Waals surface area contributed by atoms with E-state index in [1.807, 2.05) is 23.1 Å². The molecule has 4 nitrogen and oxygen atoms in total. The highest BCUT2D eigenvalue weighted by Crippen LogP contribution is 2.22. The minimum Gasteiger partial charge on any atom is -0.389 e. The van der Waals surface area contributed by atoms with Gasteiger partial charge in [-0.2, -0.15) is 5.26 Å². The molecule has 150 valence electrons. The quantitative estimate of drug-likeness (QED) is 0.444. The van der Waals surface area contributed by atoms with Crippen molar-refractivity contribution in [3.8, 4) is 6.07 Å². The summed E-state index contributed by atoms with van der Waals surface area (Å²) in [6.45, 7) is 4.23. The summed E-state index contributed by atoms with van der Waals surface area (Å²) in [5.41, 5.74) is 4.08. The lowest BCUT2D eigenvalue weighted by Gasteiger charge is -2.32. The van der Waals surface area contributed by atoms with Gasteiger partial charge in [0.15, 0.2) is 0 Å². The summed E-state index contributed by atoms with van der Waals surface area (Å²) >= 11 is 0. The van der Waals surface area contributed by atoms with E-state index in [1.165, 1.54) is 16.7 Å². The lowest BCUT2D eigenvalue weighted by molar-refractivity contribution is -0.128. The first-order valence-electron chi connectivity index (χ1n) is 10.4. The highest BCUT2D eigenvalue weighted by molar-refractivity contribution is 5.97. The van der Waals surface area contributed by atoms with E-state index in [4.69, 9.17) is 0 Å². The van der Waals surface area contributed by atoms with Crippen molar-refractivity contribution in [1.82, 2.24) is 10.2 Å². The third-order valence-electron chi connectivity index (χ3n) is 5.67. The predicted molar refractivity (Wildman–Crippen MR) is 116 cm³/mol. The Morgan fingerprint density at radius 1 is 1.14 bits per heavy atom. The fraction of sp³-hybridized carbons (Fsp3) is 0.360. The van der Waals surface area contributed by atoms with E-state index < -0.39 is 0 Å². The number of likely N-dealkylation sites (tertiary alicyclic amines) is 1. The Balaban J connectivity index is 1.46. The number of rotatable bonds is 7. The maximum Gasteiger partial charge on any atom is 0.265 e. The summed E-state index contributed by atoms with van der Waals surface area (Å²) in [6, 6.07) is 20.8. The van der Waals surface area contributed by atoms with Crippen molar-refractivity contribution < 1.29 is 4.79 Å². The molecule has 1 N–H and O–H groups in total. The summed E-state index contributed by atoms with van der Waals surface area (Å²) < 4.78 is 0. The van der Waals surface area contributed by atoms with E-state index >= 15 is 0 Å². The van der Waals surface area contributed by atoms with E-state index in [-0.39, 0.29) is 11.5 Å². The fourth-order valence-corrected chi connectivity index (χ4v) is 3.87. The summed E-state index contributed by atoms with van der Waals surface area (Å²) in [5.74, 6) is 0.442. The molecule has 0 aromatic heterocycles. The maximum absolute atomic E-state index is 12.7. The molecule has 0 radical (unpaired) electrons. The Hall–Kier alpha value is -3.06.